The minimum atomic E-state index is -0.534. The zero-order valence-corrected chi connectivity index (χ0v) is 7.95. The molecule has 2 atom stereocenters. The van der Waals surface area contributed by atoms with Gasteiger partial charge in [0.1, 0.15) is 0 Å². The molecule has 0 aliphatic carbocycles. The second-order valence-electron chi connectivity index (χ2n) is 4.04. The number of hydrogen-bond donors (Lipinski definition) is 2. The van der Waals surface area contributed by atoms with Crippen LogP contribution >= 0.6 is 0 Å². The van der Waals surface area contributed by atoms with Crippen LogP contribution in [0.15, 0.2) is 0 Å². The summed E-state index contributed by atoms with van der Waals surface area (Å²) < 4.78 is 0. The number of nitrogens with zero attached hydrogens (tertiary/aromatic N) is 1. The Bertz CT molecular complexity index is 147. The average Bonchev–Trinajstić information content (AvgIpc) is 2.30. The number of aliphatic hydroxyl groups excluding tert-OH is 1. The van der Waals surface area contributed by atoms with Crippen molar-refractivity contribution in [2.24, 2.45) is 0 Å². The lowest BCUT2D eigenvalue weighted by Crippen LogP contribution is -2.34. The highest BCUT2D eigenvalue weighted by atomic mass is 16.3. The number of likely N-dealkylation sites (tertiary alicyclic amines) is 1. The summed E-state index contributed by atoms with van der Waals surface area (Å²) in [5.41, 5.74) is -0.534. The molecular weight excluding hydrogens is 154 g/mol. The van der Waals surface area contributed by atoms with Gasteiger partial charge in [0.05, 0.1) is 11.7 Å². The summed E-state index contributed by atoms with van der Waals surface area (Å²) in [5.74, 6) is 0. The van der Waals surface area contributed by atoms with Crippen molar-refractivity contribution in [3.63, 3.8) is 0 Å². The van der Waals surface area contributed by atoms with Gasteiger partial charge >= 0.3 is 0 Å². The van der Waals surface area contributed by atoms with Crippen LogP contribution in [0.1, 0.15) is 26.7 Å². The van der Waals surface area contributed by atoms with Gasteiger partial charge in [-0.15, -0.1) is 0 Å². The highest BCUT2D eigenvalue weighted by molar-refractivity contribution is 4.86. The van der Waals surface area contributed by atoms with E-state index in [1.54, 1.807) is 0 Å². The molecule has 0 radical (unpaired) electrons. The second kappa shape index (κ2) is 3.73. The summed E-state index contributed by atoms with van der Waals surface area (Å²) in [6.07, 6.45) is 1.38. The largest absolute Gasteiger partial charge is 0.392 e. The molecular formula is C9H19NO2. The Hall–Kier alpha value is -0.120. The molecule has 1 aliphatic rings. The molecule has 1 aliphatic heterocycles. The third-order valence-electron chi connectivity index (χ3n) is 2.47. The Balaban J connectivity index is 2.28. The molecule has 1 unspecified atom stereocenters. The summed E-state index contributed by atoms with van der Waals surface area (Å²) in [6.45, 7) is 6.13. The van der Waals surface area contributed by atoms with Crippen LogP contribution in [0.25, 0.3) is 0 Å². The molecule has 1 fully saturated rings. The molecule has 12 heavy (non-hydrogen) atoms. The maximum atomic E-state index is 9.63. The molecule has 3 nitrogen and oxygen atoms in total. The van der Waals surface area contributed by atoms with E-state index in [1.807, 2.05) is 13.8 Å². The lowest BCUT2D eigenvalue weighted by molar-refractivity contribution is 0.0578. The molecule has 1 saturated heterocycles. The van der Waals surface area contributed by atoms with Gasteiger partial charge in [-0.05, 0) is 19.8 Å². The predicted molar refractivity (Wildman–Crippen MR) is 48.0 cm³/mol. The Morgan fingerprint density at radius 1 is 1.58 bits per heavy atom. The minimum absolute atomic E-state index is 0.237. The lowest BCUT2D eigenvalue weighted by Gasteiger charge is -2.20. The van der Waals surface area contributed by atoms with Gasteiger partial charge in [-0.2, -0.15) is 0 Å². The monoisotopic (exact) mass is 173 g/mol. The summed E-state index contributed by atoms with van der Waals surface area (Å²) in [7, 11) is 0. The maximum absolute atomic E-state index is 9.63. The Labute approximate surface area is 74.0 Å². The smallest absolute Gasteiger partial charge is 0.0758 e. The molecule has 2 N–H and O–H groups in total. The maximum Gasteiger partial charge on any atom is 0.0758 e. The molecule has 3 heteroatoms. The zero-order valence-electron chi connectivity index (χ0n) is 7.95. The summed E-state index contributed by atoms with van der Waals surface area (Å²) in [5, 5.41) is 19.0. The summed E-state index contributed by atoms with van der Waals surface area (Å²) >= 11 is 0. The first kappa shape index (κ1) is 9.96. The standard InChI is InChI=1S/C9H19NO2/c1-3-8(11)6-10-5-4-9(2,12)7-10/h8,11-12H,3-7H2,1-2H3/t8-,9?/m0/s1. The van der Waals surface area contributed by atoms with Crippen LogP contribution in [0.4, 0.5) is 0 Å². The van der Waals surface area contributed by atoms with Gasteiger partial charge in [0.2, 0.25) is 0 Å². The summed E-state index contributed by atoms with van der Waals surface area (Å²) in [6, 6.07) is 0. The Kier molecular flexibility index (Phi) is 3.09. The molecule has 1 heterocycles. The molecule has 0 aromatic carbocycles. The van der Waals surface area contributed by atoms with Crippen molar-refractivity contribution < 1.29 is 10.2 Å². The van der Waals surface area contributed by atoms with Crippen molar-refractivity contribution in [1.82, 2.24) is 4.90 Å². The van der Waals surface area contributed by atoms with Crippen molar-refractivity contribution in [1.29, 1.82) is 0 Å². The third-order valence-corrected chi connectivity index (χ3v) is 2.47. The summed E-state index contributed by atoms with van der Waals surface area (Å²) in [4.78, 5) is 2.12. The molecule has 0 saturated carbocycles. The average molecular weight is 173 g/mol. The van der Waals surface area contributed by atoms with Gasteiger partial charge in [0.25, 0.3) is 0 Å². The lowest BCUT2D eigenvalue weighted by atomic mass is 10.1. The van der Waals surface area contributed by atoms with E-state index in [9.17, 15) is 10.2 Å². The van der Waals surface area contributed by atoms with E-state index in [0.717, 1.165) is 19.4 Å². The second-order valence-corrected chi connectivity index (χ2v) is 4.04. The highest BCUT2D eigenvalue weighted by Gasteiger charge is 2.31. The highest BCUT2D eigenvalue weighted by Crippen LogP contribution is 2.20. The number of rotatable bonds is 3. The predicted octanol–water partition coefficient (Wildman–Crippen LogP) is 0.214. The normalized spacial score (nSPS) is 34.0. The van der Waals surface area contributed by atoms with E-state index in [4.69, 9.17) is 0 Å². The van der Waals surface area contributed by atoms with Gasteiger partial charge < -0.3 is 10.2 Å². The van der Waals surface area contributed by atoms with E-state index in [2.05, 4.69) is 4.90 Å². The van der Waals surface area contributed by atoms with Gasteiger partial charge in [-0.3, -0.25) is 4.90 Å². The quantitative estimate of drug-likeness (QED) is 0.641. The first-order chi connectivity index (χ1) is 5.53. The van der Waals surface area contributed by atoms with Crippen LogP contribution in [0.5, 0.6) is 0 Å². The Morgan fingerprint density at radius 3 is 2.67 bits per heavy atom. The number of aliphatic hydroxyl groups is 2. The van der Waals surface area contributed by atoms with Gasteiger partial charge in [0, 0.05) is 19.6 Å². The van der Waals surface area contributed by atoms with Crippen LogP contribution in [-0.2, 0) is 0 Å². The van der Waals surface area contributed by atoms with E-state index in [1.165, 1.54) is 0 Å². The minimum Gasteiger partial charge on any atom is -0.392 e. The molecule has 0 amide bonds. The SMILES string of the molecule is CC[C@H](O)CN1CCC(C)(O)C1. The van der Waals surface area contributed by atoms with Crippen molar-refractivity contribution in [2.75, 3.05) is 19.6 Å². The molecule has 72 valence electrons. The molecule has 0 aromatic heterocycles. The molecule has 0 aromatic rings. The first-order valence-electron chi connectivity index (χ1n) is 4.66. The molecule has 1 rings (SSSR count). The van der Waals surface area contributed by atoms with Gasteiger partial charge in [-0.25, -0.2) is 0 Å². The third kappa shape index (κ3) is 2.73. The molecule has 0 bridgehead atoms. The fraction of sp³-hybridized carbons (Fsp3) is 1.00. The zero-order chi connectivity index (χ0) is 9.19. The van der Waals surface area contributed by atoms with Crippen molar-refractivity contribution in [3.8, 4) is 0 Å². The van der Waals surface area contributed by atoms with Crippen LogP contribution in [0, 0.1) is 0 Å². The van der Waals surface area contributed by atoms with Crippen LogP contribution in [0.2, 0.25) is 0 Å². The van der Waals surface area contributed by atoms with Gasteiger partial charge in [0.15, 0.2) is 0 Å². The van der Waals surface area contributed by atoms with Crippen LogP contribution in [-0.4, -0.2) is 46.5 Å². The van der Waals surface area contributed by atoms with Crippen molar-refractivity contribution >= 4 is 0 Å². The van der Waals surface area contributed by atoms with Crippen molar-refractivity contribution in [3.05, 3.63) is 0 Å². The van der Waals surface area contributed by atoms with E-state index in [0.29, 0.717) is 13.1 Å². The van der Waals surface area contributed by atoms with Crippen molar-refractivity contribution in [2.45, 2.75) is 38.4 Å². The Morgan fingerprint density at radius 2 is 2.25 bits per heavy atom. The van der Waals surface area contributed by atoms with E-state index >= 15 is 0 Å². The first-order valence-corrected chi connectivity index (χ1v) is 4.66. The van der Waals surface area contributed by atoms with E-state index in [-0.39, 0.29) is 6.10 Å². The number of β-amino-alcohol motifs (C(OH)–C–C–N with tert-alkyl or cyclic N) is 2. The molecule has 0 spiro atoms. The number of hydrogen-bond acceptors (Lipinski definition) is 3. The van der Waals surface area contributed by atoms with Crippen LogP contribution in [0.3, 0.4) is 0 Å². The fourth-order valence-corrected chi connectivity index (χ4v) is 1.62. The van der Waals surface area contributed by atoms with Crippen LogP contribution < -0.4 is 0 Å². The van der Waals surface area contributed by atoms with E-state index < -0.39 is 5.60 Å². The topological polar surface area (TPSA) is 43.7 Å². The van der Waals surface area contributed by atoms with Gasteiger partial charge in [-0.1, -0.05) is 6.92 Å². The fourth-order valence-electron chi connectivity index (χ4n) is 1.62.